The van der Waals surface area contributed by atoms with Crippen LogP contribution >= 0.6 is 0 Å². The van der Waals surface area contributed by atoms with Crippen LogP contribution < -0.4 is 30.5 Å². The van der Waals surface area contributed by atoms with Crippen LogP contribution in [0, 0.1) is 60.7 Å². The summed E-state index contributed by atoms with van der Waals surface area (Å²) in [4.78, 5) is 62.9. The van der Waals surface area contributed by atoms with E-state index in [9.17, 15) is 70.9 Å². The number of phenols is 2. The quantitative estimate of drug-likeness (QED) is 0.0470. The number of nitrogens with zero attached hydrogens (tertiary/aromatic N) is 9. The molecular weight excluding hydrogens is 1200 g/mol. The first-order chi connectivity index (χ1) is 44.4. The molecule has 5 N–H and O–H groups in total. The first kappa shape index (κ1) is 61.9. The van der Waals surface area contributed by atoms with Gasteiger partial charge in [-0.15, -0.1) is 0 Å². The summed E-state index contributed by atoms with van der Waals surface area (Å²) in [6.07, 6.45) is 0. The number of ether oxygens (including phenoxy) is 3. The molecule has 0 spiro atoms. The van der Waals surface area contributed by atoms with Crippen molar-refractivity contribution in [2.75, 3.05) is 36.1 Å². The summed E-state index contributed by atoms with van der Waals surface area (Å²) in [5.41, 5.74) is 12.2. The van der Waals surface area contributed by atoms with Crippen LogP contribution in [0.25, 0.3) is 0 Å². The van der Waals surface area contributed by atoms with Crippen molar-refractivity contribution in [2.24, 2.45) is 15.3 Å². The molecule has 0 bridgehead atoms. The standard InChI is InChI=1S/2C21H16N4O6.C21H16N4O5/c26-15-7-8-16-20(11-15)31-12-17(13-4-2-1-3-5-13)21(16)23-22-18-9-6-14(24(27)28)10-19(18)25(29)30;26-15-7-9-20-16(11-15)21(17(12-31-20)13-4-2-1-3-5-13)23-22-18-8-6-14(24(27)28)10-19(18)25(29)30;26-24(27)15-10-11-18(19(12-15)25(28)29)22-23-21-16-8-4-5-9-20(16)30-13-17(21)14-6-2-1-3-7-14/h2*1-11,17,22,26H,12H2;1-12,17,22H,13H2. The van der Waals surface area contributed by atoms with Gasteiger partial charge in [0.15, 0.2) is 0 Å². The minimum absolute atomic E-state index is 0.00288. The molecule has 3 atom stereocenters. The van der Waals surface area contributed by atoms with E-state index in [1.165, 1.54) is 54.6 Å². The lowest BCUT2D eigenvalue weighted by atomic mass is 9.88. The highest BCUT2D eigenvalue weighted by molar-refractivity contribution is 6.10. The smallest absolute Gasteiger partial charge is 0.301 e. The van der Waals surface area contributed by atoms with Crippen molar-refractivity contribution in [1.29, 1.82) is 0 Å². The molecule has 0 radical (unpaired) electrons. The molecule has 0 amide bonds. The molecule has 0 aromatic heterocycles. The number of fused-ring (bicyclic) bond motifs is 3. The Morgan fingerprint density at radius 2 is 0.663 bits per heavy atom. The number of nitro benzene ring substituents is 6. The van der Waals surface area contributed by atoms with Gasteiger partial charge >= 0.3 is 17.1 Å². The maximum Gasteiger partial charge on any atom is 0.301 e. The summed E-state index contributed by atoms with van der Waals surface area (Å²) < 4.78 is 17.5. The topological polar surface area (TPSA) is 400 Å². The van der Waals surface area contributed by atoms with E-state index in [1.807, 2.05) is 115 Å². The highest BCUT2D eigenvalue weighted by Gasteiger charge is 2.33. The number of hydrogen-bond donors (Lipinski definition) is 5. The first-order valence-electron chi connectivity index (χ1n) is 27.5. The molecule has 0 fully saturated rings. The van der Waals surface area contributed by atoms with Crippen LogP contribution in [0.4, 0.5) is 51.2 Å². The van der Waals surface area contributed by atoms with E-state index >= 15 is 0 Å². The molecule has 3 heterocycles. The summed E-state index contributed by atoms with van der Waals surface area (Å²) in [6.45, 7) is 0.901. The predicted molar refractivity (Wildman–Crippen MR) is 336 cm³/mol. The van der Waals surface area contributed by atoms with Crippen LogP contribution in [0.1, 0.15) is 51.1 Å². The number of aromatic hydroxyl groups is 2. The summed E-state index contributed by atoms with van der Waals surface area (Å²) in [7, 11) is 0. The molecule has 29 heteroatoms. The SMILES string of the molecule is O=[N+]([O-])c1ccc(NN=C2c3cc(O)ccc3OCC2c2ccccc2)c([N+](=O)[O-])c1.O=[N+]([O-])c1ccc(NN=C2c3ccc(O)cc3OCC2c2ccccc2)c([N+](=O)[O-])c1.O=[N+]([O-])c1ccc(NN=C2c3ccccc3OCC2c2ccccc2)c([N+](=O)[O-])c1. The molecule has 9 aromatic rings. The van der Waals surface area contributed by atoms with Crippen LogP contribution in [-0.2, 0) is 0 Å². The normalized spacial score (nSPS) is 16.3. The van der Waals surface area contributed by atoms with Crippen LogP contribution in [0.5, 0.6) is 28.7 Å². The third-order valence-electron chi connectivity index (χ3n) is 14.5. The van der Waals surface area contributed by atoms with Crippen molar-refractivity contribution in [3.05, 3.63) is 300 Å². The summed E-state index contributed by atoms with van der Waals surface area (Å²) in [5.74, 6) is 0.909. The fourth-order valence-electron chi connectivity index (χ4n) is 10.0. The van der Waals surface area contributed by atoms with Gasteiger partial charge in [-0.25, -0.2) is 0 Å². The number of benzene rings is 9. The highest BCUT2D eigenvalue weighted by atomic mass is 16.6. The zero-order chi connectivity index (χ0) is 65.0. The van der Waals surface area contributed by atoms with Gasteiger partial charge in [0.2, 0.25) is 0 Å². The maximum absolute atomic E-state index is 11.4. The van der Waals surface area contributed by atoms with E-state index < -0.39 is 52.3 Å². The van der Waals surface area contributed by atoms with Crippen molar-refractivity contribution in [2.45, 2.75) is 17.8 Å². The third kappa shape index (κ3) is 14.1. The Kier molecular flexibility index (Phi) is 18.6. The molecule has 0 aliphatic carbocycles. The highest BCUT2D eigenvalue weighted by Crippen LogP contribution is 2.40. The van der Waals surface area contributed by atoms with Gasteiger partial charge in [-0.3, -0.25) is 77.0 Å². The number of phenolic OH excluding ortho intramolecular Hbond substituents is 2. The van der Waals surface area contributed by atoms with Crippen molar-refractivity contribution in [3.63, 3.8) is 0 Å². The third-order valence-corrected chi connectivity index (χ3v) is 14.5. The monoisotopic (exact) mass is 1240 g/mol. The first-order valence-corrected chi connectivity index (χ1v) is 27.5. The zero-order valence-electron chi connectivity index (χ0n) is 47.5. The van der Waals surface area contributed by atoms with Gasteiger partial charge in [0.05, 0.1) is 82.6 Å². The van der Waals surface area contributed by atoms with Crippen molar-refractivity contribution >= 4 is 68.3 Å². The van der Waals surface area contributed by atoms with E-state index in [-0.39, 0.29) is 70.9 Å². The Hall–Kier alpha value is -13.2. The maximum atomic E-state index is 11.4. The fourth-order valence-corrected chi connectivity index (χ4v) is 10.0. The van der Waals surface area contributed by atoms with Crippen LogP contribution in [0.3, 0.4) is 0 Å². The number of non-ortho nitro benzene ring substituents is 3. The summed E-state index contributed by atoms with van der Waals surface area (Å²) in [6, 6.07) is 55.2. The number of hydrogen-bond acceptors (Lipinski definition) is 23. The number of nitro groups is 6. The number of para-hydroxylation sites is 1. The molecule has 92 heavy (non-hydrogen) atoms. The number of hydrazone groups is 3. The zero-order valence-corrected chi connectivity index (χ0v) is 47.5. The minimum Gasteiger partial charge on any atom is -0.508 e. The molecule has 3 aliphatic heterocycles. The van der Waals surface area contributed by atoms with Crippen LogP contribution in [0.2, 0.25) is 0 Å². The van der Waals surface area contributed by atoms with Gasteiger partial charge in [0.25, 0.3) is 17.1 Å². The van der Waals surface area contributed by atoms with Gasteiger partial charge < -0.3 is 24.4 Å². The Bertz CT molecular complexity index is 4430. The summed E-state index contributed by atoms with van der Waals surface area (Å²) in [5, 5.41) is 100. The van der Waals surface area contributed by atoms with E-state index in [2.05, 4.69) is 31.6 Å². The molecular formula is C63H48N12O17. The van der Waals surface area contributed by atoms with E-state index in [0.717, 1.165) is 46.5 Å². The molecule has 29 nitrogen and oxygen atoms in total. The lowest BCUT2D eigenvalue weighted by molar-refractivity contribution is -0.393. The van der Waals surface area contributed by atoms with Gasteiger partial charge in [-0.2, -0.15) is 15.3 Å². The molecule has 3 unspecified atom stereocenters. The predicted octanol–water partition coefficient (Wildman–Crippen LogP) is 12.9. The van der Waals surface area contributed by atoms with Crippen LogP contribution in [-0.4, -0.2) is 76.7 Å². The average molecular weight is 1250 g/mol. The molecule has 0 saturated carbocycles. The molecule has 12 rings (SSSR count). The van der Waals surface area contributed by atoms with Gasteiger partial charge in [0, 0.05) is 41.0 Å². The minimum atomic E-state index is -0.714. The lowest BCUT2D eigenvalue weighted by Gasteiger charge is -2.27. The molecule has 9 aromatic carbocycles. The Morgan fingerprint density at radius 3 is 1.05 bits per heavy atom. The second kappa shape index (κ2) is 27.7. The second-order valence-corrected chi connectivity index (χ2v) is 20.2. The van der Waals surface area contributed by atoms with E-state index in [4.69, 9.17) is 14.2 Å². The number of anilines is 3. The van der Waals surface area contributed by atoms with E-state index in [0.29, 0.717) is 52.1 Å². The summed E-state index contributed by atoms with van der Waals surface area (Å²) >= 11 is 0. The van der Waals surface area contributed by atoms with E-state index in [1.54, 1.807) is 12.1 Å². The van der Waals surface area contributed by atoms with Crippen molar-refractivity contribution in [1.82, 2.24) is 0 Å². The number of nitrogens with one attached hydrogen (secondary N) is 3. The van der Waals surface area contributed by atoms with Gasteiger partial charge in [-0.05, 0) is 77.4 Å². The Balaban J connectivity index is 0.000000151. The molecule has 3 aliphatic rings. The van der Waals surface area contributed by atoms with Crippen LogP contribution in [0.15, 0.2) is 222 Å². The second-order valence-electron chi connectivity index (χ2n) is 20.2. The largest absolute Gasteiger partial charge is 0.508 e. The Morgan fingerprint density at radius 1 is 0.337 bits per heavy atom. The van der Waals surface area contributed by atoms with Gasteiger partial charge in [0.1, 0.15) is 65.6 Å². The lowest BCUT2D eigenvalue weighted by Crippen LogP contribution is -2.27. The molecule has 462 valence electrons. The molecule has 0 saturated heterocycles. The van der Waals surface area contributed by atoms with Crippen molar-refractivity contribution in [3.8, 4) is 28.7 Å². The Labute approximate surface area is 518 Å². The average Bonchev–Trinajstić information content (AvgIpc) is 0.821. The fraction of sp³-hybridized carbons (Fsp3) is 0.0952. The van der Waals surface area contributed by atoms with Crippen molar-refractivity contribution < 1.29 is 54.0 Å². The number of rotatable bonds is 15. The van der Waals surface area contributed by atoms with Gasteiger partial charge in [-0.1, -0.05) is 103 Å².